The van der Waals surface area contributed by atoms with Gasteiger partial charge in [0, 0.05) is 31.1 Å². The summed E-state index contributed by atoms with van der Waals surface area (Å²) in [4.78, 5) is 2.37. The largest absolute Gasteiger partial charge is 0.496 e. The van der Waals surface area contributed by atoms with Crippen molar-refractivity contribution in [1.29, 1.82) is 0 Å². The summed E-state index contributed by atoms with van der Waals surface area (Å²) in [5.41, 5.74) is 7.16. The van der Waals surface area contributed by atoms with Gasteiger partial charge in [-0.05, 0) is 17.0 Å². The van der Waals surface area contributed by atoms with Crippen LogP contribution in [0.25, 0.3) is 10.8 Å². The molecule has 1 aliphatic rings. The number of nitrogens with zero attached hydrogens (tertiary/aromatic N) is 1. The lowest BCUT2D eigenvalue weighted by Crippen LogP contribution is -2.54. The highest BCUT2D eigenvalue weighted by atomic mass is 16.5. The highest BCUT2D eigenvalue weighted by Gasteiger charge is 2.23. The Morgan fingerprint density at radius 2 is 1.89 bits per heavy atom. The average molecular weight is 242 g/mol. The Kier molecular flexibility index (Phi) is 2.94. The van der Waals surface area contributed by atoms with E-state index in [1.54, 1.807) is 7.11 Å². The second-order valence-corrected chi connectivity index (χ2v) is 4.93. The Morgan fingerprint density at radius 1 is 1.17 bits per heavy atom. The maximum atomic E-state index is 5.82. The molecule has 0 aliphatic carbocycles. The van der Waals surface area contributed by atoms with Crippen molar-refractivity contribution in [2.45, 2.75) is 12.6 Å². The highest BCUT2D eigenvalue weighted by molar-refractivity contribution is 5.91. The van der Waals surface area contributed by atoms with Gasteiger partial charge in [-0.1, -0.05) is 30.3 Å². The average Bonchev–Trinajstić information content (AvgIpc) is 2.37. The van der Waals surface area contributed by atoms with Crippen LogP contribution in [0.3, 0.4) is 0 Å². The Balaban J connectivity index is 1.97. The number of hydrogen-bond donors (Lipinski definition) is 1. The number of methoxy groups -OCH3 is 1. The van der Waals surface area contributed by atoms with Crippen LogP contribution in [0.4, 0.5) is 0 Å². The number of ether oxygens (including phenoxy) is 1. The Morgan fingerprint density at radius 3 is 2.56 bits per heavy atom. The van der Waals surface area contributed by atoms with Crippen LogP contribution < -0.4 is 10.5 Å². The smallest absolute Gasteiger partial charge is 0.126 e. The third-order valence-corrected chi connectivity index (χ3v) is 3.57. The maximum Gasteiger partial charge on any atom is 0.126 e. The van der Waals surface area contributed by atoms with Crippen molar-refractivity contribution in [2.24, 2.45) is 5.73 Å². The summed E-state index contributed by atoms with van der Waals surface area (Å²) in [6, 6.07) is 13.0. The molecule has 3 heteroatoms. The quantitative estimate of drug-likeness (QED) is 0.894. The third-order valence-electron chi connectivity index (χ3n) is 3.57. The molecule has 3 nitrogen and oxygen atoms in total. The van der Waals surface area contributed by atoms with E-state index in [2.05, 4.69) is 35.2 Å². The summed E-state index contributed by atoms with van der Waals surface area (Å²) in [5, 5.41) is 2.46. The second kappa shape index (κ2) is 4.59. The summed E-state index contributed by atoms with van der Waals surface area (Å²) in [5.74, 6) is 0.940. The molecule has 94 valence electrons. The van der Waals surface area contributed by atoms with Crippen molar-refractivity contribution in [1.82, 2.24) is 4.90 Å². The van der Waals surface area contributed by atoms with Crippen molar-refractivity contribution in [3.8, 4) is 5.75 Å². The van der Waals surface area contributed by atoms with Crippen LogP contribution in [0, 0.1) is 0 Å². The number of benzene rings is 2. The molecule has 0 spiro atoms. The number of nitrogens with two attached hydrogens (primary N) is 1. The Labute approximate surface area is 107 Å². The van der Waals surface area contributed by atoms with Gasteiger partial charge in [0.05, 0.1) is 7.11 Å². The molecule has 2 aromatic rings. The van der Waals surface area contributed by atoms with Crippen LogP contribution in [0.15, 0.2) is 36.4 Å². The molecule has 1 saturated heterocycles. The fourth-order valence-electron chi connectivity index (χ4n) is 2.63. The van der Waals surface area contributed by atoms with Gasteiger partial charge in [0.1, 0.15) is 5.75 Å². The Bertz CT molecular complexity index is 561. The fraction of sp³-hybridized carbons (Fsp3) is 0.333. The third kappa shape index (κ3) is 1.96. The van der Waals surface area contributed by atoms with Gasteiger partial charge in [-0.2, -0.15) is 0 Å². The molecular weight excluding hydrogens is 224 g/mol. The van der Waals surface area contributed by atoms with Gasteiger partial charge in [0.25, 0.3) is 0 Å². The first kappa shape index (κ1) is 11.5. The molecule has 1 fully saturated rings. The molecule has 3 rings (SSSR count). The standard InChI is InChI=1S/C15H18N2O/c1-18-15-7-6-11(8-17-9-12(16)10-17)13-4-2-3-5-14(13)15/h2-7,12H,8-10,16H2,1H3. The van der Waals surface area contributed by atoms with Gasteiger partial charge in [-0.15, -0.1) is 0 Å². The minimum Gasteiger partial charge on any atom is -0.496 e. The zero-order chi connectivity index (χ0) is 12.5. The van der Waals surface area contributed by atoms with Crippen molar-refractivity contribution in [3.63, 3.8) is 0 Å². The van der Waals surface area contributed by atoms with Gasteiger partial charge in [0.15, 0.2) is 0 Å². The monoisotopic (exact) mass is 242 g/mol. The van der Waals surface area contributed by atoms with Crippen molar-refractivity contribution < 1.29 is 4.74 Å². The molecule has 2 aromatic carbocycles. The maximum absolute atomic E-state index is 5.82. The van der Waals surface area contributed by atoms with E-state index >= 15 is 0 Å². The lowest BCUT2D eigenvalue weighted by atomic mass is 10.0. The predicted molar refractivity (Wildman–Crippen MR) is 73.8 cm³/mol. The normalized spacial score (nSPS) is 16.8. The fourth-order valence-corrected chi connectivity index (χ4v) is 2.63. The van der Waals surface area contributed by atoms with E-state index in [1.807, 2.05) is 6.07 Å². The molecule has 0 amide bonds. The summed E-state index contributed by atoms with van der Waals surface area (Å²) in [6.07, 6.45) is 0. The molecule has 0 bridgehead atoms. The van der Waals surface area contributed by atoms with E-state index < -0.39 is 0 Å². The van der Waals surface area contributed by atoms with E-state index in [9.17, 15) is 0 Å². The summed E-state index contributed by atoms with van der Waals surface area (Å²) >= 11 is 0. The number of fused-ring (bicyclic) bond motifs is 1. The first-order valence-electron chi connectivity index (χ1n) is 6.30. The molecule has 0 saturated carbocycles. The van der Waals surface area contributed by atoms with E-state index in [4.69, 9.17) is 10.5 Å². The molecule has 18 heavy (non-hydrogen) atoms. The molecular formula is C15H18N2O. The summed E-state index contributed by atoms with van der Waals surface area (Å²) in [6.45, 7) is 2.97. The molecule has 0 atom stereocenters. The van der Waals surface area contributed by atoms with E-state index in [-0.39, 0.29) is 0 Å². The molecule has 1 heterocycles. The van der Waals surface area contributed by atoms with Gasteiger partial charge in [0.2, 0.25) is 0 Å². The van der Waals surface area contributed by atoms with Crippen LogP contribution in [0.1, 0.15) is 5.56 Å². The zero-order valence-electron chi connectivity index (χ0n) is 10.6. The van der Waals surface area contributed by atoms with Gasteiger partial charge in [-0.25, -0.2) is 0 Å². The van der Waals surface area contributed by atoms with E-state index in [0.717, 1.165) is 25.4 Å². The van der Waals surface area contributed by atoms with Crippen LogP contribution >= 0.6 is 0 Å². The first-order valence-corrected chi connectivity index (χ1v) is 6.30. The van der Waals surface area contributed by atoms with Crippen molar-refractivity contribution in [2.75, 3.05) is 20.2 Å². The number of hydrogen-bond acceptors (Lipinski definition) is 3. The zero-order valence-corrected chi connectivity index (χ0v) is 10.6. The van der Waals surface area contributed by atoms with Gasteiger partial charge in [-0.3, -0.25) is 4.90 Å². The molecule has 2 N–H and O–H groups in total. The molecule has 1 aliphatic heterocycles. The van der Waals surface area contributed by atoms with Crippen LogP contribution in [-0.4, -0.2) is 31.1 Å². The predicted octanol–water partition coefficient (Wildman–Crippen LogP) is 1.99. The van der Waals surface area contributed by atoms with E-state index in [1.165, 1.54) is 16.3 Å². The lowest BCUT2D eigenvalue weighted by Gasteiger charge is -2.37. The van der Waals surface area contributed by atoms with E-state index in [0.29, 0.717) is 6.04 Å². The number of likely N-dealkylation sites (tertiary alicyclic amines) is 1. The molecule has 0 radical (unpaired) electrons. The van der Waals surface area contributed by atoms with Crippen molar-refractivity contribution >= 4 is 10.8 Å². The Hall–Kier alpha value is -1.58. The summed E-state index contributed by atoms with van der Waals surface area (Å²) < 4.78 is 5.41. The first-order chi connectivity index (χ1) is 8.78. The van der Waals surface area contributed by atoms with Crippen molar-refractivity contribution in [3.05, 3.63) is 42.0 Å². The van der Waals surface area contributed by atoms with Gasteiger partial charge < -0.3 is 10.5 Å². The molecule has 0 unspecified atom stereocenters. The minimum absolute atomic E-state index is 0.356. The SMILES string of the molecule is COc1ccc(CN2CC(N)C2)c2ccccc12. The molecule has 0 aromatic heterocycles. The highest BCUT2D eigenvalue weighted by Crippen LogP contribution is 2.29. The van der Waals surface area contributed by atoms with Crippen LogP contribution in [0.2, 0.25) is 0 Å². The van der Waals surface area contributed by atoms with Crippen LogP contribution in [-0.2, 0) is 6.54 Å². The van der Waals surface area contributed by atoms with Gasteiger partial charge >= 0.3 is 0 Å². The lowest BCUT2D eigenvalue weighted by molar-refractivity contribution is 0.143. The van der Waals surface area contributed by atoms with Crippen LogP contribution in [0.5, 0.6) is 5.75 Å². The minimum atomic E-state index is 0.356. The second-order valence-electron chi connectivity index (χ2n) is 4.93. The summed E-state index contributed by atoms with van der Waals surface area (Å²) in [7, 11) is 1.72. The number of rotatable bonds is 3. The topological polar surface area (TPSA) is 38.5 Å².